The molecule has 1 aliphatic heterocycles. The number of carbonyl (C=O) groups is 2. The Balaban J connectivity index is 1.69. The van der Waals surface area contributed by atoms with Crippen molar-refractivity contribution in [3.8, 4) is 0 Å². The molecule has 1 saturated carbocycles. The molecular weight excluding hydrogens is 282 g/mol. The van der Waals surface area contributed by atoms with Crippen molar-refractivity contribution in [1.29, 1.82) is 0 Å². The van der Waals surface area contributed by atoms with Crippen LogP contribution >= 0.6 is 0 Å². The molecule has 0 bridgehead atoms. The fourth-order valence-electron chi connectivity index (χ4n) is 3.11. The molecule has 126 valence electrons. The van der Waals surface area contributed by atoms with Gasteiger partial charge in [-0.1, -0.05) is 0 Å². The van der Waals surface area contributed by atoms with Crippen LogP contribution in [-0.2, 0) is 9.53 Å². The summed E-state index contributed by atoms with van der Waals surface area (Å²) in [6.45, 7) is 8.64. The van der Waals surface area contributed by atoms with Crippen LogP contribution in [0.1, 0.15) is 46.5 Å². The Kier molecular flexibility index (Phi) is 5.67. The molecule has 2 amide bonds. The van der Waals surface area contributed by atoms with E-state index in [4.69, 9.17) is 4.74 Å². The van der Waals surface area contributed by atoms with Gasteiger partial charge in [-0.25, -0.2) is 4.79 Å². The van der Waals surface area contributed by atoms with Crippen LogP contribution in [0, 0.1) is 5.92 Å². The van der Waals surface area contributed by atoms with Crippen molar-refractivity contribution in [3.63, 3.8) is 0 Å². The van der Waals surface area contributed by atoms with Crippen LogP contribution < -0.4 is 10.6 Å². The maximum atomic E-state index is 11.8. The van der Waals surface area contributed by atoms with Gasteiger partial charge in [-0.2, -0.15) is 0 Å². The fourth-order valence-corrected chi connectivity index (χ4v) is 3.11. The third-order valence-electron chi connectivity index (χ3n) is 4.23. The number of hydrogen-bond acceptors (Lipinski definition) is 4. The van der Waals surface area contributed by atoms with Crippen molar-refractivity contribution < 1.29 is 14.3 Å². The Morgan fingerprint density at radius 1 is 1.32 bits per heavy atom. The highest BCUT2D eigenvalue weighted by Crippen LogP contribution is 2.25. The van der Waals surface area contributed by atoms with Gasteiger partial charge >= 0.3 is 6.09 Å². The highest BCUT2D eigenvalue weighted by molar-refractivity contribution is 5.79. The zero-order valence-electron chi connectivity index (χ0n) is 14.0. The Bertz CT molecular complexity index is 398. The van der Waals surface area contributed by atoms with Crippen molar-refractivity contribution in [3.05, 3.63) is 0 Å². The van der Waals surface area contributed by atoms with Gasteiger partial charge < -0.3 is 20.3 Å². The second-order valence-electron chi connectivity index (χ2n) is 7.38. The van der Waals surface area contributed by atoms with Gasteiger partial charge in [-0.3, -0.25) is 4.79 Å². The predicted molar refractivity (Wildman–Crippen MR) is 84.6 cm³/mol. The van der Waals surface area contributed by atoms with E-state index in [-0.39, 0.29) is 18.0 Å². The van der Waals surface area contributed by atoms with Gasteiger partial charge in [0.05, 0.1) is 6.54 Å². The van der Waals surface area contributed by atoms with Crippen LogP contribution in [-0.4, -0.2) is 54.7 Å². The number of nitrogens with one attached hydrogen (secondary N) is 2. The summed E-state index contributed by atoms with van der Waals surface area (Å²) >= 11 is 0. The van der Waals surface area contributed by atoms with Gasteiger partial charge in [-0.05, 0) is 52.4 Å². The zero-order valence-corrected chi connectivity index (χ0v) is 14.0. The number of ether oxygens (including phenoxy) is 1. The highest BCUT2D eigenvalue weighted by Gasteiger charge is 2.27. The summed E-state index contributed by atoms with van der Waals surface area (Å²) in [4.78, 5) is 25.6. The molecule has 0 unspecified atom stereocenters. The van der Waals surface area contributed by atoms with Gasteiger partial charge in [0.25, 0.3) is 0 Å². The molecule has 6 heteroatoms. The molecule has 1 saturated heterocycles. The molecule has 2 aliphatic rings. The summed E-state index contributed by atoms with van der Waals surface area (Å²) in [5.74, 6) is 0.763. The standard InChI is InChI=1S/C16H29N3O3/c1-16(2,3)22-15(21)18-13-6-4-12(5-7-13)11-19-9-8-17-10-14(19)20/h12-13,17H,4-11H2,1-3H3,(H,18,21). The van der Waals surface area contributed by atoms with E-state index in [9.17, 15) is 9.59 Å². The molecule has 0 aromatic heterocycles. The van der Waals surface area contributed by atoms with E-state index < -0.39 is 5.60 Å². The largest absolute Gasteiger partial charge is 0.444 e. The second kappa shape index (κ2) is 7.31. The number of hydrogen-bond donors (Lipinski definition) is 2. The van der Waals surface area contributed by atoms with E-state index in [0.29, 0.717) is 12.5 Å². The fraction of sp³-hybridized carbons (Fsp3) is 0.875. The lowest BCUT2D eigenvalue weighted by Crippen LogP contribution is -2.50. The number of carbonyl (C=O) groups excluding carboxylic acids is 2. The minimum Gasteiger partial charge on any atom is -0.444 e. The lowest BCUT2D eigenvalue weighted by atomic mass is 9.85. The molecule has 22 heavy (non-hydrogen) atoms. The van der Waals surface area contributed by atoms with Crippen molar-refractivity contribution in [1.82, 2.24) is 15.5 Å². The van der Waals surface area contributed by atoms with E-state index in [1.165, 1.54) is 0 Å². The third kappa shape index (κ3) is 5.48. The SMILES string of the molecule is CC(C)(C)OC(=O)NC1CCC(CN2CCNCC2=O)CC1. The number of alkyl carbamates (subject to hydrolysis) is 1. The maximum Gasteiger partial charge on any atom is 0.407 e. The van der Waals surface area contributed by atoms with Crippen molar-refractivity contribution >= 4 is 12.0 Å². The van der Waals surface area contributed by atoms with Crippen molar-refractivity contribution in [2.24, 2.45) is 5.92 Å². The molecule has 0 radical (unpaired) electrons. The van der Waals surface area contributed by atoms with E-state index in [2.05, 4.69) is 10.6 Å². The van der Waals surface area contributed by atoms with E-state index in [0.717, 1.165) is 45.3 Å². The van der Waals surface area contributed by atoms with Gasteiger partial charge in [0, 0.05) is 25.7 Å². The van der Waals surface area contributed by atoms with E-state index in [1.807, 2.05) is 25.7 Å². The van der Waals surface area contributed by atoms with Crippen LogP contribution in [0.25, 0.3) is 0 Å². The maximum absolute atomic E-state index is 11.8. The van der Waals surface area contributed by atoms with Crippen molar-refractivity contribution in [2.75, 3.05) is 26.2 Å². The Morgan fingerprint density at radius 2 is 2.00 bits per heavy atom. The quantitative estimate of drug-likeness (QED) is 0.829. The summed E-state index contributed by atoms with van der Waals surface area (Å²) in [6.07, 6.45) is 3.71. The van der Waals surface area contributed by atoms with Gasteiger partial charge in [-0.15, -0.1) is 0 Å². The molecule has 0 aromatic carbocycles. The predicted octanol–water partition coefficient (Wildman–Crippen LogP) is 1.50. The molecule has 1 heterocycles. The first-order valence-electron chi connectivity index (χ1n) is 8.31. The number of nitrogens with zero attached hydrogens (tertiary/aromatic N) is 1. The van der Waals surface area contributed by atoms with Crippen LogP contribution in [0.15, 0.2) is 0 Å². The molecule has 0 aromatic rings. The molecule has 0 atom stereocenters. The van der Waals surface area contributed by atoms with Crippen molar-refractivity contribution in [2.45, 2.75) is 58.1 Å². The first-order valence-corrected chi connectivity index (χ1v) is 8.31. The monoisotopic (exact) mass is 311 g/mol. The molecule has 2 N–H and O–H groups in total. The molecular formula is C16H29N3O3. The summed E-state index contributed by atoms with van der Waals surface area (Å²) in [5, 5.41) is 6.05. The van der Waals surface area contributed by atoms with Crippen LogP contribution in [0.2, 0.25) is 0 Å². The molecule has 1 aliphatic carbocycles. The number of piperazine rings is 1. The average Bonchev–Trinajstić information content (AvgIpc) is 2.41. The zero-order chi connectivity index (χ0) is 16.2. The normalized spacial score (nSPS) is 26.7. The van der Waals surface area contributed by atoms with Crippen LogP contribution in [0.4, 0.5) is 4.79 Å². The summed E-state index contributed by atoms with van der Waals surface area (Å²) in [6, 6.07) is 0.199. The van der Waals surface area contributed by atoms with E-state index in [1.54, 1.807) is 0 Å². The lowest BCUT2D eigenvalue weighted by Gasteiger charge is -2.35. The first-order chi connectivity index (χ1) is 10.3. The molecule has 0 spiro atoms. The topological polar surface area (TPSA) is 70.7 Å². The van der Waals surface area contributed by atoms with Crippen LogP contribution in [0.5, 0.6) is 0 Å². The number of rotatable bonds is 3. The Morgan fingerprint density at radius 3 is 2.59 bits per heavy atom. The summed E-state index contributed by atoms with van der Waals surface area (Å²) < 4.78 is 5.29. The van der Waals surface area contributed by atoms with Gasteiger partial charge in [0.2, 0.25) is 5.91 Å². The third-order valence-corrected chi connectivity index (χ3v) is 4.23. The smallest absolute Gasteiger partial charge is 0.407 e. The average molecular weight is 311 g/mol. The molecule has 6 nitrogen and oxygen atoms in total. The first kappa shape index (κ1) is 17.1. The summed E-state index contributed by atoms with van der Waals surface area (Å²) in [5.41, 5.74) is -0.454. The lowest BCUT2D eigenvalue weighted by molar-refractivity contribution is -0.132. The highest BCUT2D eigenvalue weighted by atomic mass is 16.6. The van der Waals surface area contributed by atoms with Crippen LogP contribution in [0.3, 0.4) is 0 Å². The number of amides is 2. The van der Waals surface area contributed by atoms with E-state index >= 15 is 0 Å². The molecule has 2 rings (SSSR count). The molecule has 2 fully saturated rings. The van der Waals surface area contributed by atoms with Gasteiger partial charge in [0.15, 0.2) is 0 Å². The Labute approximate surface area is 132 Å². The van der Waals surface area contributed by atoms with Gasteiger partial charge in [0.1, 0.15) is 5.60 Å². The summed E-state index contributed by atoms with van der Waals surface area (Å²) in [7, 11) is 0. The Hall–Kier alpha value is -1.30. The minimum absolute atomic E-state index is 0.199. The second-order valence-corrected chi connectivity index (χ2v) is 7.38. The minimum atomic E-state index is -0.454.